The summed E-state index contributed by atoms with van der Waals surface area (Å²) in [6.45, 7) is 2.55. The third-order valence-electron chi connectivity index (χ3n) is 4.52. The zero-order chi connectivity index (χ0) is 21.6. The third-order valence-corrected chi connectivity index (χ3v) is 5.47. The van der Waals surface area contributed by atoms with Crippen molar-refractivity contribution in [2.24, 2.45) is 0 Å². The van der Waals surface area contributed by atoms with Crippen molar-refractivity contribution in [1.29, 1.82) is 0 Å². The Morgan fingerprint density at radius 1 is 1.10 bits per heavy atom. The number of thioether (sulfide) groups is 1. The maximum absolute atomic E-state index is 11.7. The van der Waals surface area contributed by atoms with Gasteiger partial charge in [0.15, 0.2) is 10.9 Å². The summed E-state index contributed by atoms with van der Waals surface area (Å²) in [6.07, 6.45) is 1.67. The molecular weight excluding hydrogens is 414 g/mol. The Balaban J connectivity index is 1.65. The zero-order valence-corrected chi connectivity index (χ0v) is 17.7. The molecule has 0 fully saturated rings. The van der Waals surface area contributed by atoms with Crippen LogP contribution in [0.1, 0.15) is 24.1 Å². The van der Waals surface area contributed by atoms with Crippen molar-refractivity contribution in [2.75, 3.05) is 6.61 Å². The molecule has 0 aliphatic rings. The Morgan fingerprint density at radius 3 is 2.58 bits per heavy atom. The first-order valence-electron chi connectivity index (χ1n) is 9.79. The first kappa shape index (κ1) is 20.7. The fourth-order valence-electron chi connectivity index (χ4n) is 3.06. The zero-order valence-electron chi connectivity index (χ0n) is 16.9. The van der Waals surface area contributed by atoms with Crippen LogP contribution in [-0.2, 0) is 12.2 Å². The molecule has 0 bridgehead atoms. The van der Waals surface area contributed by atoms with Crippen LogP contribution in [0.3, 0.4) is 0 Å². The minimum Gasteiger partial charge on any atom is -0.502 e. The van der Waals surface area contributed by atoms with Crippen LogP contribution in [0.15, 0.2) is 81.3 Å². The number of aromatic hydroxyl groups is 1. The van der Waals surface area contributed by atoms with Crippen molar-refractivity contribution >= 4 is 11.8 Å². The largest absolute Gasteiger partial charge is 0.502 e. The second-order valence-corrected chi connectivity index (χ2v) is 7.65. The van der Waals surface area contributed by atoms with E-state index in [-0.39, 0.29) is 0 Å². The fraction of sp³-hybridized carbons (Fsp3) is 0.174. The van der Waals surface area contributed by atoms with Crippen molar-refractivity contribution in [2.45, 2.75) is 24.3 Å². The summed E-state index contributed by atoms with van der Waals surface area (Å²) in [5.74, 6) is 2.00. The molecule has 158 valence electrons. The van der Waals surface area contributed by atoms with Crippen molar-refractivity contribution in [3.63, 3.8) is 0 Å². The predicted molar refractivity (Wildman–Crippen MR) is 118 cm³/mol. The fourth-order valence-corrected chi connectivity index (χ4v) is 3.92. The maximum atomic E-state index is 11.7. The van der Waals surface area contributed by atoms with Gasteiger partial charge in [-0.3, -0.25) is 9.36 Å². The Bertz CT molecular complexity index is 1200. The SMILES string of the molecule is CCOc1ccc(-n2c(Cc3ccccc3)nnc2SCc2cc(=O)c(O)co2)cc1. The highest BCUT2D eigenvalue weighted by molar-refractivity contribution is 7.98. The average molecular weight is 436 g/mol. The minimum absolute atomic E-state index is 0.371. The highest BCUT2D eigenvalue weighted by Gasteiger charge is 2.16. The minimum atomic E-state index is -0.473. The normalized spacial score (nSPS) is 10.9. The summed E-state index contributed by atoms with van der Waals surface area (Å²) >= 11 is 1.40. The lowest BCUT2D eigenvalue weighted by Crippen LogP contribution is -2.04. The van der Waals surface area contributed by atoms with Gasteiger partial charge in [0.05, 0.1) is 12.4 Å². The lowest BCUT2D eigenvalue weighted by Gasteiger charge is -2.11. The van der Waals surface area contributed by atoms with Gasteiger partial charge in [-0.2, -0.15) is 0 Å². The van der Waals surface area contributed by atoms with Gasteiger partial charge in [0.1, 0.15) is 23.6 Å². The quantitative estimate of drug-likeness (QED) is 0.415. The molecule has 0 aliphatic carbocycles. The van der Waals surface area contributed by atoms with Gasteiger partial charge in [0.25, 0.3) is 0 Å². The van der Waals surface area contributed by atoms with Gasteiger partial charge in [-0.15, -0.1) is 10.2 Å². The molecule has 0 atom stereocenters. The summed E-state index contributed by atoms with van der Waals surface area (Å²) in [5, 5.41) is 18.8. The standard InChI is InChI=1S/C23H21N3O4S/c1-2-29-18-10-8-17(9-11-18)26-22(12-16-6-4-3-5-7-16)24-25-23(26)31-15-19-13-20(27)21(28)14-30-19/h3-11,13-14,28H,2,12,15H2,1H3. The lowest BCUT2D eigenvalue weighted by atomic mass is 10.1. The van der Waals surface area contributed by atoms with Crippen LogP contribution in [0.2, 0.25) is 0 Å². The number of aromatic nitrogens is 3. The Hall–Kier alpha value is -3.52. The molecule has 4 rings (SSSR count). The summed E-state index contributed by atoms with van der Waals surface area (Å²) in [6, 6.07) is 19.1. The van der Waals surface area contributed by atoms with E-state index in [1.165, 1.54) is 17.8 Å². The Morgan fingerprint density at radius 2 is 1.87 bits per heavy atom. The Kier molecular flexibility index (Phi) is 6.37. The monoisotopic (exact) mass is 435 g/mol. The van der Waals surface area contributed by atoms with Crippen LogP contribution in [0, 0.1) is 0 Å². The first-order chi connectivity index (χ1) is 15.1. The molecule has 2 aromatic carbocycles. The van der Waals surface area contributed by atoms with Gasteiger partial charge < -0.3 is 14.3 Å². The second kappa shape index (κ2) is 9.53. The summed E-state index contributed by atoms with van der Waals surface area (Å²) < 4.78 is 12.9. The summed E-state index contributed by atoms with van der Waals surface area (Å²) in [4.78, 5) is 11.7. The molecule has 0 aliphatic heterocycles. The van der Waals surface area contributed by atoms with E-state index in [0.29, 0.717) is 29.7 Å². The molecule has 4 aromatic rings. The Labute approximate surface area is 183 Å². The number of hydrogen-bond donors (Lipinski definition) is 1. The number of ether oxygens (including phenoxy) is 1. The molecule has 0 saturated heterocycles. The van der Waals surface area contributed by atoms with E-state index in [1.807, 2.05) is 54.0 Å². The van der Waals surface area contributed by atoms with Crippen LogP contribution in [0.25, 0.3) is 5.69 Å². The molecule has 0 amide bonds. The highest BCUT2D eigenvalue weighted by Crippen LogP contribution is 2.27. The molecule has 1 N–H and O–H groups in total. The van der Waals surface area contributed by atoms with E-state index < -0.39 is 11.2 Å². The molecule has 0 spiro atoms. The van der Waals surface area contributed by atoms with E-state index in [2.05, 4.69) is 22.3 Å². The topological polar surface area (TPSA) is 90.4 Å². The number of rotatable bonds is 8. The van der Waals surface area contributed by atoms with Crippen LogP contribution < -0.4 is 10.2 Å². The van der Waals surface area contributed by atoms with Gasteiger partial charge in [-0.25, -0.2) is 0 Å². The van der Waals surface area contributed by atoms with Gasteiger partial charge in [-0.05, 0) is 36.8 Å². The highest BCUT2D eigenvalue weighted by atomic mass is 32.2. The van der Waals surface area contributed by atoms with Gasteiger partial charge in [0.2, 0.25) is 5.43 Å². The van der Waals surface area contributed by atoms with Gasteiger partial charge >= 0.3 is 0 Å². The van der Waals surface area contributed by atoms with Crippen LogP contribution in [0.4, 0.5) is 0 Å². The van der Waals surface area contributed by atoms with Crippen molar-refractivity contribution < 1.29 is 14.3 Å². The van der Waals surface area contributed by atoms with Crippen molar-refractivity contribution in [3.8, 4) is 17.2 Å². The molecule has 0 saturated carbocycles. The van der Waals surface area contributed by atoms with Crippen molar-refractivity contribution in [1.82, 2.24) is 14.8 Å². The van der Waals surface area contributed by atoms with Crippen LogP contribution in [-0.4, -0.2) is 26.5 Å². The van der Waals surface area contributed by atoms with Gasteiger partial charge in [-0.1, -0.05) is 42.1 Å². The molecule has 0 unspecified atom stereocenters. The molecule has 2 aromatic heterocycles. The number of hydrogen-bond acceptors (Lipinski definition) is 7. The van der Waals surface area contributed by atoms with E-state index >= 15 is 0 Å². The first-order valence-corrected chi connectivity index (χ1v) is 10.8. The second-order valence-electron chi connectivity index (χ2n) is 6.71. The number of nitrogens with zero attached hydrogens (tertiary/aromatic N) is 3. The van der Waals surface area contributed by atoms with E-state index in [1.54, 1.807) is 0 Å². The predicted octanol–water partition coefficient (Wildman–Crippen LogP) is 4.21. The van der Waals surface area contributed by atoms with Crippen molar-refractivity contribution in [3.05, 3.63) is 94.3 Å². The molecule has 0 radical (unpaired) electrons. The average Bonchev–Trinajstić information content (AvgIpc) is 3.18. The molecule has 2 heterocycles. The molecular formula is C23H21N3O4S. The van der Waals surface area contributed by atoms with Crippen LogP contribution >= 0.6 is 11.8 Å². The van der Waals surface area contributed by atoms with E-state index in [4.69, 9.17) is 9.15 Å². The summed E-state index contributed by atoms with van der Waals surface area (Å²) in [7, 11) is 0. The molecule has 7 nitrogen and oxygen atoms in total. The van der Waals surface area contributed by atoms with Crippen LogP contribution in [0.5, 0.6) is 11.5 Å². The maximum Gasteiger partial charge on any atom is 0.226 e. The van der Waals surface area contributed by atoms with E-state index in [9.17, 15) is 9.90 Å². The van der Waals surface area contributed by atoms with Gasteiger partial charge in [0, 0.05) is 18.2 Å². The third kappa shape index (κ3) is 4.97. The summed E-state index contributed by atoms with van der Waals surface area (Å²) in [5.41, 5.74) is 1.57. The lowest BCUT2D eigenvalue weighted by molar-refractivity contribution is 0.340. The van der Waals surface area contributed by atoms with E-state index in [0.717, 1.165) is 29.1 Å². The smallest absolute Gasteiger partial charge is 0.226 e. The molecule has 31 heavy (non-hydrogen) atoms. The number of benzene rings is 2. The molecule has 8 heteroatoms.